The number of anilines is 1. The van der Waals surface area contributed by atoms with Crippen LogP contribution in [0, 0.1) is 10.1 Å². The molecule has 6 heteroatoms. The minimum Gasteiger partial charge on any atom is -0.480 e. The van der Waals surface area contributed by atoms with E-state index in [-0.39, 0.29) is 5.69 Å². The number of nitrogens with one attached hydrogen (secondary N) is 1. The molecule has 0 radical (unpaired) electrons. The van der Waals surface area contributed by atoms with Gasteiger partial charge in [0.25, 0.3) is 5.69 Å². The highest BCUT2D eigenvalue weighted by atomic mass is 16.6. The number of carboxylic acids is 1. The highest BCUT2D eigenvalue weighted by Gasteiger charge is 2.27. The normalized spacial score (nSPS) is 18.0. The van der Waals surface area contributed by atoms with Crippen molar-refractivity contribution >= 4 is 17.3 Å². The van der Waals surface area contributed by atoms with Crippen molar-refractivity contribution in [1.29, 1.82) is 0 Å². The molecule has 0 aliphatic carbocycles. The number of aliphatic carboxylic acids is 1. The number of non-ortho nitro benzene ring substituents is 1. The Labute approximate surface area is 84.7 Å². The Bertz CT molecular complexity index is 444. The summed E-state index contributed by atoms with van der Waals surface area (Å²) in [6.07, 6.45) is 0.364. The Morgan fingerprint density at radius 1 is 1.60 bits per heavy atom. The number of carbonyl (C=O) groups is 1. The molecule has 0 fully saturated rings. The van der Waals surface area contributed by atoms with Crippen molar-refractivity contribution in [1.82, 2.24) is 0 Å². The van der Waals surface area contributed by atoms with Crippen LogP contribution < -0.4 is 5.32 Å². The van der Waals surface area contributed by atoms with Crippen LogP contribution >= 0.6 is 0 Å². The molecule has 0 aromatic heterocycles. The highest BCUT2D eigenvalue weighted by molar-refractivity contribution is 5.81. The lowest BCUT2D eigenvalue weighted by atomic mass is 10.1. The Hall–Kier alpha value is -2.11. The molecule has 0 amide bonds. The SMILES string of the molecule is O=C(O)[C@@H]1Cc2ccc([N+](=O)[O-])cc2N1. The van der Waals surface area contributed by atoms with Gasteiger partial charge in [-0.3, -0.25) is 10.1 Å². The smallest absolute Gasteiger partial charge is 0.326 e. The van der Waals surface area contributed by atoms with Crippen molar-refractivity contribution in [2.75, 3.05) is 5.32 Å². The summed E-state index contributed by atoms with van der Waals surface area (Å²) in [6.45, 7) is 0. The van der Waals surface area contributed by atoms with E-state index < -0.39 is 16.9 Å². The molecule has 0 spiro atoms. The van der Waals surface area contributed by atoms with Gasteiger partial charge in [-0.05, 0) is 5.56 Å². The summed E-state index contributed by atoms with van der Waals surface area (Å²) >= 11 is 0. The minimum atomic E-state index is -0.950. The van der Waals surface area contributed by atoms with Crippen molar-refractivity contribution < 1.29 is 14.8 Å². The van der Waals surface area contributed by atoms with Gasteiger partial charge in [0.15, 0.2) is 0 Å². The van der Waals surface area contributed by atoms with Gasteiger partial charge in [0.2, 0.25) is 0 Å². The first-order valence-corrected chi connectivity index (χ1v) is 4.34. The molecule has 6 nitrogen and oxygen atoms in total. The number of hydrogen-bond acceptors (Lipinski definition) is 4. The van der Waals surface area contributed by atoms with Crippen LogP contribution in [0.4, 0.5) is 11.4 Å². The Kier molecular flexibility index (Phi) is 2.03. The second-order valence-electron chi connectivity index (χ2n) is 3.34. The first kappa shape index (κ1) is 9.45. The molecule has 0 unspecified atom stereocenters. The number of hydrogen-bond donors (Lipinski definition) is 2. The number of nitro groups is 1. The summed E-state index contributed by atoms with van der Waals surface area (Å²) in [5.41, 5.74) is 1.30. The Morgan fingerprint density at radius 3 is 2.93 bits per heavy atom. The van der Waals surface area contributed by atoms with Crippen molar-refractivity contribution in [2.45, 2.75) is 12.5 Å². The van der Waals surface area contributed by atoms with Crippen LogP contribution in [-0.2, 0) is 11.2 Å². The third-order valence-corrected chi connectivity index (χ3v) is 2.36. The van der Waals surface area contributed by atoms with E-state index in [0.29, 0.717) is 12.1 Å². The molecule has 1 aromatic rings. The monoisotopic (exact) mass is 208 g/mol. The zero-order valence-electron chi connectivity index (χ0n) is 7.64. The molecule has 1 aliphatic rings. The topological polar surface area (TPSA) is 92.5 Å². The van der Waals surface area contributed by atoms with Crippen molar-refractivity contribution in [3.63, 3.8) is 0 Å². The second kappa shape index (κ2) is 3.23. The number of nitrogens with zero attached hydrogens (tertiary/aromatic N) is 1. The number of carboxylic acid groups (broad SMARTS) is 1. The van der Waals surface area contributed by atoms with Gasteiger partial charge >= 0.3 is 5.97 Å². The van der Waals surface area contributed by atoms with Gasteiger partial charge in [0.05, 0.1) is 4.92 Å². The Morgan fingerprint density at radius 2 is 2.33 bits per heavy atom. The van der Waals surface area contributed by atoms with Crippen LogP contribution in [0.2, 0.25) is 0 Å². The molecular weight excluding hydrogens is 200 g/mol. The molecule has 78 valence electrons. The predicted molar refractivity (Wildman–Crippen MR) is 51.8 cm³/mol. The number of fused-ring (bicyclic) bond motifs is 1. The molecule has 1 heterocycles. The van der Waals surface area contributed by atoms with Crippen LogP contribution in [0.3, 0.4) is 0 Å². The zero-order chi connectivity index (χ0) is 11.0. The lowest BCUT2D eigenvalue weighted by molar-refractivity contribution is -0.384. The average molecular weight is 208 g/mol. The fourth-order valence-electron chi connectivity index (χ4n) is 1.60. The molecule has 1 aromatic carbocycles. The largest absolute Gasteiger partial charge is 0.480 e. The summed E-state index contributed by atoms with van der Waals surface area (Å²) < 4.78 is 0. The molecule has 0 saturated heterocycles. The molecule has 0 saturated carbocycles. The van der Waals surface area contributed by atoms with E-state index in [1.807, 2.05) is 0 Å². The fraction of sp³-hybridized carbons (Fsp3) is 0.222. The number of nitro benzene ring substituents is 1. The van der Waals surface area contributed by atoms with Crippen LogP contribution in [0.1, 0.15) is 5.56 Å². The second-order valence-corrected chi connectivity index (χ2v) is 3.34. The van der Waals surface area contributed by atoms with Crippen molar-refractivity contribution in [3.05, 3.63) is 33.9 Å². The van der Waals surface area contributed by atoms with Gasteiger partial charge in [-0.2, -0.15) is 0 Å². The maximum atomic E-state index is 10.7. The molecule has 15 heavy (non-hydrogen) atoms. The lowest BCUT2D eigenvalue weighted by Crippen LogP contribution is -2.26. The molecule has 2 N–H and O–H groups in total. The van der Waals surface area contributed by atoms with Crippen LogP contribution in [-0.4, -0.2) is 22.0 Å². The van der Waals surface area contributed by atoms with Gasteiger partial charge in [0, 0.05) is 24.2 Å². The maximum absolute atomic E-state index is 10.7. The molecular formula is C9H8N2O4. The van der Waals surface area contributed by atoms with Crippen LogP contribution in [0.15, 0.2) is 18.2 Å². The first-order chi connectivity index (χ1) is 7.08. The van der Waals surface area contributed by atoms with E-state index >= 15 is 0 Å². The van der Waals surface area contributed by atoms with E-state index in [1.165, 1.54) is 12.1 Å². The van der Waals surface area contributed by atoms with Gasteiger partial charge in [0.1, 0.15) is 6.04 Å². The average Bonchev–Trinajstić information content (AvgIpc) is 2.59. The third-order valence-electron chi connectivity index (χ3n) is 2.36. The fourth-order valence-corrected chi connectivity index (χ4v) is 1.60. The van der Waals surface area contributed by atoms with Crippen LogP contribution in [0.5, 0.6) is 0 Å². The molecule has 1 aliphatic heterocycles. The van der Waals surface area contributed by atoms with Gasteiger partial charge in [-0.25, -0.2) is 4.79 Å². The predicted octanol–water partition coefficient (Wildman–Crippen LogP) is 1.02. The number of benzene rings is 1. The summed E-state index contributed by atoms with van der Waals surface area (Å²) in [5, 5.41) is 22.0. The summed E-state index contributed by atoms with van der Waals surface area (Å²) in [4.78, 5) is 20.7. The highest BCUT2D eigenvalue weighted by Crippen LogP contribution is 2.29. The van der Waals surface area contributed by atoms with Gasteiger partial charge in [-0.1, -0.05) is 6.07 Å². The summed E-state index contributed by atoms with van der Waals surface area (Å²) in [5.74, 6) is -0.950. The summed E-state index contributed by atoms with van der Waals surface area (Å²) in [7, 11) is 0. The van der Waals surface area contributed by atoms with Crippen molar-refractivity contribution in [3.8, 4) is 0 Å². The maximum Gasteiger partial charge on any atom is 0.326 e. The summed E-state index contributed by atoms with van der Waals surface area (Å²) in [6, 6.07) is 3.65. The van der Waals surface area contributed by atoms with E-state index in [1.54, 1.807) is 6.07 Å². The van der Waals surface area contributed by atoms with Gasteiger partial charge in [-0.15, -0.1) is 0 Å². The number of rotatable bonds is 2. The van der Waals surface area contributed by atoms with Gasteiger partial charge < -0.3 is 10.4 Å². The quantitative estimate of drug-likeness (QED) is 0.559. The van der Waals surface area contributed by atoms with E-state index in [4.69, 9.17) is 5.11 Å². The van der Waals surface area contributed by atoms with Crippen molar-refractivity contribution in [2.24, 2.45) is 0 Å². The van der Waals surface area contributed by atoms with E-state index in [0.717, 1.165) is 5.56 Å². The third kappa shape index (κ3) is 1.61. The lowest BCUT2D eigenvalue weighted by Gasteiger charge is -2.03. The molecule has 1 atom stereocenters. The van der Waals surface area contributed by atoms with E-state index in [2.05, 4.69) is 5.32 Å². The molecule has 0 bridgehead atoms. The molecule has 2 rings (SSSR count). The van der Waals surface area contributed by atoms with Crippen LogP contribution in [0.25, 0.3) is 0 Å². The standard InChI is InChI=1S/C9H8N2O4/c12-9(13)8-3-5-1-2-6(11(14)15)4-7(5)10-8/h1-2,4,8,10H,3H2,(H,12,13)/t8-/m0/s1. The first-order valence-electron chi connectivity index (χ1n) is 4.34. The minimum absolute atomic E-state index is 0.0349. The Balaban J connectivity index is 2.31. The van der Waals surface area contributed by atoms with E-state index in [9.17, 15) is 14.9 Å². The zero-order valence-corrected chi connectivity index (χ0v) is 7.64.